The predicted octanol–water partition coefficient (Wildman–Crippen LogP) is 3.11. The maximum absolute atomic E-state index is 11.6. The molecule has 0 aliphatic rings. The second-order valence-corrected chi connectivity index (χ2v) is 2.44. The van der Waals surface area contributed by atoms with E-state index in [-0.39, 0.29) is 6.67 Å². The third kappa shape index (κ3) is 3.44. The van der Waals surface area contributed by atoms with Gasteiger partial charge in [-0.15, -0.1) is 0 Å². The lowest BCUT2D eigenvalue weighted by molar-refractivity contribution is 0.558. The maximum atomic E-state index is 11.6. The summed E-state index contributed by atoms with van der Waals surface area (Å²) in [6.07, 6.45) is 4.43. The largest absolute Gasteiger partial charge is 0.247 e. The maximum Gasteiger partial charge on any atom is 0.108 e. The Balaban J connectivity index is 3.83. The Morgan fingerprint density at radius 2 is 2.30 bits per heavy atom. The Hall–Kier alpha value is -0.590. The minimum absolute atomic E-state index is 0.357. The van der Waals surface area contributed by atoms with Crippen molar-refractivity contribution in [2.75, 3.05) is 6.67 Å². The first-order valence-corrected chi connectivity index (χ1v) is 3.60. The molecule has 0 radical (unpaired) electrons. The molecule has 0 amide bonds. The monoisotopic (exact) mass is 142 g/mol. The molecule has 0 bridgehead atoms. The summed E-state index contributed by atoms with van der Waals surface area (Å²) in [7, 11) is 0. The highest BCUT2D eigenvalue weighted by atomic mass is 19.1. The Labute approximate surface area is 62.4 Å². The third-order valence-corrected chi connectivity index (χ3v) is 1.53. The van der Waals surface area contributed by atoms with Gasteiger partial charge >= 0.3 is 0 Å². The molecule has 1 unspecified atom stereocenters. The Bertz CT molecular complexity index is 125. The first-order valence-electron chi connectivity index (χ1n) is 3.60. The lowest BCUT2D eigenvalue weighted by Gasteiger charge is -2.07. The Kier molecular flexibility index (Phi) is 4.91. The molecule has 0 saturated carbocycles. The SMILES string of the molecule is C=C(C)C(/C=C\CF)CC. The zero-order chi connectivity index (χ0) is 7.98. The minimum Gasteiger partial charge on any atom is -0.247 e. The number of rotatable bonds is 4. The molecule has 58 valence electrons. The molecule has 0 nitrogen and oxygen atoms in total. The Morgan fingerprint density at radius 3 is 2.60 bits per heavy atom. The van der Waals surface area contributed by atoms with Gasteiger partial charge in [0.05, 0.1) is 0 Å². The van der Waals surface area contributed by atoms with Crippen molar-refractivity contribution in [1.82, 2.24) is 0 Å². The predicted molar refractivity (Wildman–Crippen MR) is 43.7 cm³/mol. The molecule has 0 fully saturated rings. The lowest BCUT2D eigenvalue weighted by Crippen LogP contribution is -1.94. The van der Waals surface area contributed by atoms with Crippen molar-refractivity contribution in [2.24, 2.45) is 5.92 Å². The van der Waals surface area contributed by atoms with Crippen molar-refractivity contribution >= 4 is 0 Å². The van der Waals surface area contributed by atoms with Crippen LogP contribution >= 0.6 is 0 Å². The molecule has 0 aliphatic heterocycles. The number of hydrogen-bond donors (Lipinski definition) is 0. The van der Waals surface area contributed by atoms with Crippen LogP contribution in [0.25, 0.3) is 0 Å². The van der Waals surface area contributed by atoms with Crippen molar-refractivity contribution < 1.29 is 4.39 Å². The zero-order valence-electron chi connectivity index (χ0n) is 6.73. The van der Waals surface area contributed by atoms with E-state index < -0.39 is 0 Å². The number of halogens is 1. The van der Waals surface area contributed by atoms with Crippen LogP contribution in [0.3, 0.4) is 0 Å². The summed E-state index contributed by atoms with van der Waals surface area (Å²) >= 11 is 0. The van der Waals surface area contributed by atoms with Gasteiger partial charge in [-0.3, -0.25) is 0 Å². The van der Waals surface area contributed by atoms with E-state index in [2.05, 4.69) is 13.5 Å². The molecule has 0 saturated heterocycles. The number of hydrogen-bond acceptors (Lipinski definition) is 0. The molecule has 0 rings (SSSR count). The molecule has 0 aromatic heterocycles. The van der Waals surface area contributed by atoms with Crippen LogP contribution in [0.15, 0.2) is 24.3 Å². The molecule has 0 N–H and O–H groups in total. The van der Waals surface area contributed by atoms with Gasteiger partial charge in [0, 0.05) is 0 Å². The fraction of sp³-hybridized carbons (Fsp3) is 0.556. The molecular formula is C9H15F. The molecule has 10 heavy (non-hydrogen) atoms. The van der Waals surface area contributed by atoms with Crippen molar-refractivity contribution in [3.8, 4) is 0 Å². The van der Waals surface area contributed by atoms with E-state index in [1.165, 1.54) is 0 Å². The third-order valence-electron chi connectivity index (χ3n) is 1.53. The van der Waals surface area contributed by atoms with Crippen LogP contribution in [0, 0.1) is 5.92 Å². The van der Waals surface area contributed by atoms with Gasteiger partial charge in [-0.05, 0) is 19.3 Å². The van der Waals surface area contributed by atoms with Crippen molar-refractivity contribution in [3.63, 3.8) is 0 Å². The van der Waals surface area contributed by atoms with Crippen LogP contribution in [0.4, 0.5) is 4.39 Å². The minimum atomic E-state index is -0.371. The summed E-state index contributed by atoms with van der Waals surface area (Å²) in [5, 5.41) is 0. The summed E-state index contributed by atoms with van der Waals surface area (Å²) in [4.78, 5) is 0. The van der Waals surface area contributed by atoms with Crippen molar-refractivity contribution in [2.45, 2.75) is 20.3 Å². The molecule has 0 aromatic carbocycles. The first-order chi connectivity index (χ1) is 4.72. The van der Waals surface area contributed by atoms with E-state index in [0.717, 1.165) is 12.0 Å². The molecule has 1 heteroatoms. The molecule has 0 heterocycles. The average molecular weight is 142 g/mol. The molecule has 1 atom stereocenters. The van der Waals surface area contributed by atoms with E-state index >= 15 is 0 Å². The second-order valence-electron chi connectivity index (χ2n) is 2.44. The lowest BCUT2D eigenvalue weighted by atomic mass is 9.99. The molecule has 0 aromatic rings. The summed E-state index contributed by atoms with van der Waals surface area (Å²) in [6, 6.07) is 0. The fourth-order valence-corrected chi connectivity index (χ4v) is 0.865. The van der Waals surface area contributed by atoms with Crippen molar-refractivity contribution in [1.29, 1.82) is 0 Å². The van der Waals surface area contributed by atoms with Crippen LogP contribution in [-0.4, -0.2) is 6.67 Å². The van der Waals surface area contributed by atoms with Gasteiger partial charge in [-0.2, -0.15) is 0 Å². The number of allylic oxidation sites excluding steroid dienone is 3. The van der Waals surface area contributed by atoms with E-state index in [1.807, 2.05) is 13.0 Å². The average Bonchev–Trinajstić information content (AvgIpc) is 1.89. The molecule has 0 aliphatic carbocycles. The van der Waals surface area contributed by atoms with Crippen LogP contribution in [0.1, 0.15) is 20.3 Å². The van der Waals surface area contributed by atoms with Gasteiger partial charge in [0.25, 0.3) is 0 Å². The van der Waals surface area contributed by atoms with Crippen LogP contribution < -0.4 is 0 Å². The normalized spacial score (nSPS) is 13.9. The highest BCUT2D eigenvalue weighted by Gasteiger charge is 1.99. The van der Waals surface area contributed by atoms with E-state index in [9.17, 15) is 4.39 Å². The highest BCUT2D eigenvalue weighted by molar-refractivity contribution is 5.06. The zero-order valence-corrected chi connectivity index (χ0v) is 6.73. The summed E-state index contributed by atoms with van der Waals surface area (Å²) in [5.74, 6) is 0.357. The molecule has 0 spiro atoms. The standard InChI is InChI=1S/C9H15F/c1-4-9(8(2)3)6-5-7-10/h5-6,9H,2,4,7H2,1,3H3/b6-5-. The van der Waals surface area contributed by atoms with E-state index in [0.29, 0.717) is 5.92 Å². The van der Waals surface area contributed by atoms with E-state index in [4.69, 9.17) is 0 Å². The van der Waals surface area contributed by atoms with E-state index in [1.54, 1.807) is 6.08 Å². The van der Waals surface area contributed by atoms with Gasteiger partial charge in [0.15, 0.2) is 0 Å². The van der Waals surface area contributed by atoms with Crippen LogP contribution in [-0.2, 0) is 0 Å². The van der Waals surface area contributed by atoms with Gasteiger partial charge in [-0.1, -0.05) is 31.2 Å². The topological polar surface area (TPSA) is 0 Å². The number of alkyl halides is 1. The van der Waals surface area contributed by atoms with Crippen molar-refractivity contribution in [3.05, 3.63) is 24.3 Å². The highest BCUT2D eigenvalue weighted by Crippen LogP contribution is 2.13. The van der Waals surface area contributed by atoms with Gasteiger partial charge in [0.2, 0.25) is 0 Å². The smallest absolute Gasteiger partial charge is 0.108 e. The van der Waals surface area contributed by atoms with Crippen LogP contribution in [0.2, 0.25) is 0 Å². The second kappa shape index (κ2) is 5.21. The molecular weight excluding hydrogens is 127 g/mol. The Morgan fingerprint density at radius 1 is 1.70 bits per heavy atom. The van der Waals surface area contributed by atoms with Gasteiger partial charge in [0.1, 0.15) is 6.67 Å². The summed E-state index contributed by atoms with van der Waals surface area (Å²) in [5.41, 5.74) is 1.10. The van der Waals surface area contributed by atoms with Gasteiger partial charge < -0.3 is 0 Å². The summed E-state index contributed by atoms with van der Waals surface area (Å²) in [6.45, 7) is 7.47. The first kappa shape index (κ1) is 9.41. The van der Waals surface area contributed by atoms with Crippen LogP contribution in [0.5, 0.6) is 0 Å². The quantitative estimate of drug-likeness (QED) is 0.529. The van der Waals surface area contributed by atoms with Gasteiger partial charge in [-0.25, -0.2) is 4.39 Å². The summed E-state index contributed by atoms with van der Waals surface area (Å²) < 4.78 is 11.6. The fourth-order valence-electron chi connectivity index (χ4n) is 0.865.